The molecule has 1 aliphatic heterocycles. The number of hydrogen-bond donors (Lipinski definition) is 1. The summed E-state index contributed by atoms with van der Waals surface area (Å²) in [5, 5.41) is 22.4. The Balaban J connectivity index is 1.41. The molecule has 0 unspecified atom stereocenters. The number of amides is 1. The molecule has 1 N–H and O–H groups in total. The van der Waals surface area contributed by atoms with Crippen LogP contribution < -0.4 is 19.1 Å². The van der Waals surface area contributed by atoms with Gasteiger partial charge in [-0.2, -0.15) is 0 Å². The third-order valence-electron chi connectivity index (χ3n) is 7.43. The van der Waals surface area contributed by atoms with Crippen LogP contribution in [0.3, 0.4) is 0 Å². The number of thioether (sulfide) groups is 1. The standard InChI is InChI=1S/C33H26FN3O6S2/c1-41-24-13-12-20(15-23(24)34)29(38)27-28(19-11-14-25(42-2)26(16-19)43-3)37(31(40)30(27)39)32-35-36-33(45-32)44-17-21-9-6-8-18-7-4-5-10-22(18)21/h4-16,28,38H,17H2,1-3H3/t28-/m1/s1. The molecule has 0 saturated carbocycles. The smallest absolute Gasteiger partial charge is 0.301 e. The molecule has 1 amide bonds. The minimum atomic E-state index is -1.13. The maximum atomic E-state index is 14.6. The van der Waals surface area contributed by atoms with Crippen LogP contribution in [-0.2, 0) is 15.3 Å². The minimum absolute atomic E-state index is 0.000345. The van der Waals surface area contributed by atoms with Gasteiger partial charge in [0.25, 0.3) is 5.78 Å². The molecule has 1 fully saturated rings. The van der Waals surface area contributed by atoms with Gasteiger partial charge >= 0.3 is 5.91 Å². The van der Waals surface area contributed by atoms with Crippen LogP contribution in [0.25, 0.3) is 16.5 Å². The molecule has 0 bridgehead atoms. The second-order valence-electron chi connectivity index (χ2n) is 9.91. The van der Waals surface area contributed by atoms with Gasteiger partial charge in [0.2, 0.25) is 5.13 Å². The molecule has 0 spiro atoms. The van der Waals surface area contributed by atoms with Crippen molar-refractivity contribution in [2.45, 2.75) is 16.1 Å². The number of Topliss-reactive ketones (excluding diaryl/α,β-unsaturated/α-hetero) is 1. The van der Waals surface area contributed by atoms with Crippen LogP contribution in [0, 0.1) is 5.82 Å². The summed E-state index contributed by atoms with van der Waals surface area (Å²) in [6.45, 7) is 0. The molecule has 9 nitrogen and oxygen atoms in total. The number of fused-ring (bicyclic) bond motifs is 1. The summed E-state index contributed by atoms with van der Waals surface area (Å²) in [7, 11) is 4.26. The number of carbonyl (C=O) groups is 2. The highest BCUT2D eigenvalue weighted by atomic mass is 32.2. The molecule has 1 saturated heterocycles. The number of methoxy groups -OCH3 is 3. The van der Waals surface area contributed by atoms with Crippen LogP contribution >= 0.6 is 23.1 Å². The molecule has 4 aromatic carbocycles. The van der Waals surface area contributed by atoms with E-state index in [0.717, 1.165) is 33.7 Å². The van der Waals surface area contributed by atoms with Gasteiger partial charge in [0.1, 0.15) is 5.76 Å². The second kappa shape index (κ2) is 12.6. The molecule has 5 aromatic rings. The fourth-order valence-corrected chi connectivity index (χ4v) is 7.12. The van der Waals surface area contributed by atoms with Crippen molar-refractivity contribution in [3.8, 4) is 17.2 Å². The number of aliphatic hydroxyl groups excluding tert-OH is 1. The largest absolute Gasteiger partial charge is 0.507 e. The van der Waals surface area contributed by atoms with Crippen molar-refractivity contribution in [2.24, 2.45) is 0 Å². The van der Waals surface area contributed by atoms with Crippen LogP contribution in [0.15, 0.2) is 88.8 Å². The molecular weight excluding hydrogens is 618 g/mol. The molecule has 2 heterocycles. The average Bonchev–Trinajstić information content (AvgIpc) is 3.64. The monoisotopic (exact) mass is 643 g/mol. The Hall–Kier alpha value is -4.94. The lowest BCUT2D eigenvalue weighted by Crippen LogP contribution is -2.29. The summed E-state index contributed by atoms with van der Waals surface area (Å²) in [5.74, 6) is -1.81. The van der Waals surface area contributed by atoms with E-state index < -0.39 is 29.3 Å². The summed E-state index contributed by atoms with van der Waals surface area (Å²) >= 11 is 2.61. The number of carbonyl (C=O) groups excluding carboxylic acids is 2. The van der Waals surface area contributed by atoms with Gasteiger partial charge < -0.3 is 19.3 Å². The quantitative estimate of drug-likeness (QED) is 0.0611. The van der Waals surface area contributed by atoms with Gasteiger partial charge in [-0.1, -0.05) is 71.6 Å². The van der Waals surface area contributed by atoms with E-state index in [4.69, 9.17) is 14.2 Å². The number of halogens is 1. The van der Waals surface area contributed by atoms with Crippen LogP contribution in [0.2, 0.25) is 0 Å². The molecule has 45 heavy (non-hydrogen) atoms. The third kappa shape index (κ3) is 5.58. The zero-order valence-corrected chi connectivity index (χ0v) is 25.9. The Morgan fingerprint density at radius 2 is 1.64 bits per heavy atom. The summed E-state index contributed by atoms with van der Waals surface area (Å²) in [6, 6.07) is 21.8. The predicted octanol–water partition coefficient (Wildman–Crippen LogP) is 6.77. The van der Waals surface area contributed by atoms with Gasteiger partial charge in [-0.3, -0.25) is 14.5 Å². The average molecular weight is 644 g/mol. The number of ether oxygens (including phenoxy) is 3. The first-order valence-corrected chi connectivity index (χ1v) is 15.4. The number of aromatic nitrogens is 2. The van der Waals surface area contributed by atoms with Crippen molar-refractivity contribution < 1.29 is 33.3 Å². The highest BCUT2D eigenvalue weighted by Crippen LogP contribution is 2.46. The number of anilines is 1. The topological polar surface area (TPSA) is 111 Å². The van der Waals surface area contributed by atoms with Crippen molar-refractivity contribution in [2.75, 3.05) is 26.2 Å². The van der Waals surface area contributed by atoms with Crippen molar-refractivity contribution in [3.63, 3.8) is 0 Å². The van der Waals surface area contributed by atoms with Gasteiger partial charge in [-0.25, -0.2) is 4.39 Å². The van der Waals surface area contributed by atoms with Gasteiger partial charge in [-0.15, -0.1) is 10.2 Å². The fraction of sp³-hybridized carbons (Fsp3) is 0.152. The van der Waals surface area contributed by atoms with Crippen LogP contribution in [0.1, 0.15) is 22.7 Å². The number of nitrogens with zero attached hydrogens (tertiary/aromatic N) is 3. The summed E-state index contributed by atoms with van der Waals surface area (Å²) in [4.78, 5) is 28.4. The van der Waals surface area contributed by atoms with Crippen molar-refractivity contribution >= 4 is 56.5 Å². The second-order valence-corrected chi connectivity index (χ2v) is 12.1. The number of hydrogen-bond acceptors (Lipinski definition) is 10. The van der Waals surface area contributed by atoms with E-state index in [-0.39, 0.29) is 22.0 Å². The zero-order valence-electron chi connectivity index (χ0n) is 24.3. The molecule has 0 radical (unpaired) electrons. The van der Waals surface area contributed by atoms with E-state index in [1.165, 1.54) is 50.1 Å². The fourth-order valence-electron chi connectivity index (χ4n) is 5.25. The van der Waals surface area contributed by atoms with E-state index >= 15 is 0 Å². The highest BCUT2D eigenvalue weighted by molar-refractivity contribution is 8.00. The van der Waals surface area contributed by atoms with Crippen LogP contribution in [0.5, 0.6) is 17.2 Å². The first kappa shape index (κ1) is 30.1. The Bertz CT molecular complexity index is 1970. The molecule has 1 aromatic heterocycles. The maximum Gasteiger partial charge on any atom is 0.301 e. The summed E-state index contributed by atoms with van der Waals surface area (Å²) in [6.07, 6.45) is 0. The first-order valence-electron chi connectivity index (χ1n) is 13.6. The molecule has 6 rings (SSSR count). The third-order valence-corrected chi connectivity index (χ3v) is 9.53. The Labute approximate surface area is 265 Å². The van der Waals surface area contributed by atoms with Crippen molar-refractivity contribution in [3.05, 3.63) is 107 Å². The highest BCUT2D eigenvalue weighted by Gasteiger charge is 2.48. The van der Waals surface area contributed by atoms with E-state index in [0.29, 0.717) is 27.2 Å². The normalized spacial score (nSPS) is 15.9. The van der Waals surface area contributed by atoms with Gasteiger partial charge in [0, 0.05) is 11.3 Å². The summed E-state index contributed by atoms with van der Waals surface area (Å²) in [5.41, 5.74) is 1.31. The van der Waals surface area contributed by atoms with E-state index in [1.807, 2.05) is 18.2 Å². The Morgan fingerprint density at radius 1 is 0.911 bits per heavy atom. The lowest BCUT2D eigenvalue weighted by atomic mass is 9.95. The lowest BCUT2D eigenvalue weighted by molar-refractivity contribution is -0.132. The number of benzene rings is 4. The molecule has 1 atom stereocenters. The SMILES string of the molecule is COc1ccc(C(O)=C2C(=O)C(=O)N(c3nnc(SCc4cccc5ccccc45)s3)[C@@H]2c2ccc(OC)c(OC)c2)cc1F. The first-order chi connectivity index (χ1) is 21.8. The Morgan fingerprint density at radius 3 is 2.40 bits per heavy atom. The van der Waals surface area contributed by atoms with Gasteiger partial charge in [-0.05, 0) is 52.2 Å². The summed E-state index contributed by atoms with van der Waals surface area (Å²) < 4.78 is 31.0. The maximum absolute atomic E-state index is 14.6. The van der Waals surface area contributed by atoms with E-state index in [1.54, 1.807) is 18.2 Å². The molecular formula is C33H26FN3O6S2. The molecule has 0 aliphatic carbocycles. The van der Waals surface area contributed by atoms with E-state index in [9.17, 15) is 19.1 Å². The van der Waals surface area contributed by atoms with Crippen LogP contribution in [-0.4, -0.2) is 48.3 Å². The van der Waals surface area contributed by atoms with E-state index in [2.05, 4.69) is 34.5 Å². The van der Waals surface area contributed by atoms with Crippen LogP contribution in [0.4, 0.5) is 9.52 Å². The number of rotatable bonds is 9. The number of aliphatic hydroxyl groups is 1. The van der Waals surface area contributed by atoms with Gasteiger partial charge in [0.05, 0.1) is 32.9 Å². The molecule has 12 heteroatoms. The lowest BCUT2D eigenvalue weighted by Gasteiger charge is -2.23. The zero-order chi connectivity index (χ0) is 31.7. The number of ketones is 1. The minimum Gasteiger partial charge on any atom is -0.507 e. The van der Waals surface area contributed by atoms with Crippen molar-refractivity contribution in [1.82, 2.24) is 10.2 Å². The Kier molecular flexibility index (Phi) is 8.42. The van der Waals surface area contributed by atoms with Crippen molar-refractivity contribution in [1.29, 1.82) is 0 Å². The molecule has 228 valence electrons. The van der Waals surface area contributed by atoms with Gasteiger partial charge in [0.15, 0.2) is 27.4 Å². The molecule has 1 aliphatic rings. The predicted molar refractivity (Wildman–Crippen MR) is 171 cm³/mol.